The third kappa shape index (κ3) is 70.0. The summed E-state index contributed by atoms with van der Waals surface area (Å²) in [6.07, 6.45) is 61.9. The van der Waals surface area contributed by atoms with Crippen LogP contribution < -0.4 is 0 Å². The van der Waals surface area contributed by atoms with E-state index in [0.29, 0.717) is 25.7 Å². The number of phosphoric acid groups is 2. The van der Waals surface area contributed by atoms with Gasteiger partial charge in [0.05, 0.1) is 26.4 Å². The first kappa shape index (κ1) is 93.5. The third-order valence-electron chi connectivity index (χ3n) is 17.4. The van der Waals surface area contributed by atoms with E-state index in [1.54, 1.807) is 0 Å². The number of rotatable bonds is 75. The van der Waals surface area contributed by atoms with Crippen LogP contribution in [-0.2, 0) is 65.4 Å². The lowest BCUT2D eigenvalue weighted by atomic mass is 10.0. The SMILES string of the molecule is CCCCCC/C=C\C=C/CCCCCCCC(=O)OC[C@H](COP(=O)(O)OC[C@@H](O)COP(=O)(O)OC[C@@H](COC(=O)CCCCCCCCCCCC)OC(=O)CCCCCCCCCCCC(C)C)OC(=O)CCCCCCCCCCCCCCCCCCCCC. The fraction of sp³-hybridized carbons (Fsp3) is 0.896. The number of hydrogen-bond acceptors (Lipinski definition) is 15. The minimum absolute atomic E-state index is 0.102. The maximum Gasteiger partial charge on any atom is 0.472 e. The molecule has 96 heavy (non-hydrogen) atoms. The van der Waals surface area contributed by atoms with Crippen molar-refractivity contribution in [3.05, 3.63) is 24.3 Å². The summed E-state index contributed by atoms with van der Waals surface area (Å²) >= 11 is 0. The first-order chi connectivity index (χ1) is 46.5. The van der Waals surface area contributed by atoms with Crippen molar-refractivity contribution in [2.75, 3.05) is 39.6 Å². The molecule has 0 aliphatic rings. The molecule has 3 N–H and O–H groups in total. The summed E-state index contributed by atoms with van der Waals surface area (Å²) in [6, 6.07) is 0. The monoisotopic (exact) mass is 1410 g/mol. The standard InChI is InChI=1S/C77H146O17P2/c1-6-9-12-15-18-21-24-26-28-29-30-31-33-35-37-42-47-52-57-62-76(81)93-72(67-88-75(80)61-56-51-46-41-36-34-32-27-25-22-19-16-13-10-7-2)68-91-95(83,84)89-64-71(78)65-90-96(85,86)92-69-73(66-87-74(79)60-55-50-45-40-23-20-17-14-11-8-3)94-77(82)63-58-53-48-43-38-39-44-49-54-59-70(4)5/h22,25,27,32,70-73,78H,6-21,23-24,26,28-31,33-69H2,1-5H3,(H,83,84)(H,85,86)/b25-22-,32-27-/t71-,72-,73-/m1/s1. The average molecular weight is 1410 g/mol. The molecule has 566 valence electrons. The molecule has 0 saturated carbocycles. The second-order valence-electron chi connectivity index (χ2n) is 27.5. The van der Waals surface area contributed by atoms with E-state index in [2.05, 4.69) is 58.9 Å². The van der Waals surface area contributed by atoms with Crippen LogP contribution in [0.3, 0.4) is 0 Å². The molecule has 0 saturated heterocycles. The smallest absolute Gasteiger partial charge is 0.462 e. The number of esters is 4. The van der Waals surface area contributed by atoms with Crippen molar-refractivity contribution in [1.82, 2.24) is 0 Å². The highest BCUT2D eigenvalue weighted by atomic mass is 31.2. The normalized spacial score (nSPS) is 14.1. The molecule has 19 heteroatoms. The lowest BCUT2D eigenvalue weighted by Crippen LogP contribution is -2.30. The Morgan fingerprint density at radius 3 is 0.854 bits per heavy atom. The topological polar surface area (TPSA) is 237 Å². The molecule has 0 heterocycles. The third-order valence-corrected chi connectivity index (χ3v) is 19.3. The molecule has 0 radical (unpaired) electrons. The van der Waals surface area contributed by atoms with Gasteiger partial charge in [-0.3, -0.25) is 37.3 Å². The average Bonchev–Trinajstić information content (AvgIpc) is 3.12. The van der Waals surface area contributed by atoms with Gasteiger partial charge < -0.3 is 33.8 Å². The zero-order chi connectivity index (χ0) is 70.5. The molecule has 0 fully saturated rings. The molecular formula is C77H146O17P2. The Hall–Kier alpha value is -2.46. The quantitative estimate of drug-likeness (QED) is 0.0169. The first-order valence-electron chi connectivity index (χ1n) is 39.5. The number of aliphatic hydroxyl groups excluding tert-OH is 1. The van der Waals surface area contributed by atoms with E-state index in [4.69, 9.17) is 37.0 Å². The van der Waals surface area contributed by atoms with Crippen LogP contribution >= 0.6 is 15.6 Å². The molecule has 0 amide bonds. The number of ether oxygens (including phenoxy) is 4. The van der Waals surface area contributed by atoms with Crippen molar-refractivity contribution in [1.29, 1.82) is 0 Å². The number of allylic oxidation sites excluding steroid dienone is 4. The van der Waals surface area contributed by atoms with Crippen molar-refractivity contribution in [2.24, 2.45) is 5.92 Å². The predicted molar refractivity (Wildman–Crippen MR) is 391 cm³/mol. The van der Waals surface area contributed by atoms with Gasteiger partial charge in [0.1, 0.15) is 19.3 Å². The Morgan fingerprint density at radius 2 is 0.562 bits per heavy atom. The predicted octanol–water partition coefficient (Wildman–Crippen LogP) is 22.4. The van der Waals surface area contributed by atoms with Crippen LogP contribution in [-0.4, -0.2) is 96.7 Å². The van der Waals surface area contributed by atoms with Gasteiger partial charge in [-0.15, -0.1) is 0 Å². The van der Waals surface area contributed by atoms with E-state index in [1.165, 1.54) is 186 Å². The summed E-state index contributed by atoms with van der Waals surface area (Å²) in [4.78, 5) is 72.8. The molecule has 0 aromatic carbocycles. The van der Waals surface area contributed by atoms with Crippen LogP contribution in [0.25, 0.3) is 0 Å². The maximum absolute atomic E-state index is 13.1. The highest BCUT2D eigenvalue weighted by Gasteiger charge is 2.30. The van der Waals surface area contributed by atoms with Crippen LogP contribution in [0.1, 0.15) is 381 Å². The largest absolute Gasteiger partial charge is 0.472 e. The number of aliphatic hydroxyl groups is 1. The van der Waals surface area contributed by atoms with E-state index in [1.807, 2.05) is 0 Å². The molecule has 0 aliphatic heterocycles. The highest BCUT2D eigenvalue weighted by Crippen LogP contribution is 2.45. The van der Waals surface area contributed by atoms with Gasteiger partial charge in [0.2, 0.25) is 0 Å². The van der Waals surface area contributed by atoms with Crippen molar-refractivity contribution in [2.45, 2.75) is 400 Å². The molecular weight excluding hydrogens is 1260 g/mol. The molecule has 17 nitrogen and oxygen atoms in total. The van der Waals surface area contributed by atoms with Gasteiger partial charge in [-0.2, -0.15) is 0 Å². The maximum atomic E-state index is 13.1. The lowest BCUT2D eigenvalue weighted by Gasteiger charge is -2.21. The van der Waals surface area contributed by atoms with E-state index < -0.39 is 97.5 Å². The number of hydrogen-bond donors (Lipinski definition) is 3. The van der Waals surface area contributed by atoms with Gasteiger partial charge in [-0.05, 0) is 57.3 Å². The summed E-state index contributed by atoms with van der Waals surface area (Å²) in [6.45, 7) is 7.20. The molecule has 0 bridgehead atoms. The summed E-state index contributed by atoms with van der Waals surface area (Å²) in [7, 11) is -9.92. The molecule has 0 rings (SSSR count). The Morgan fingerprint density at radius 1 is 0.323 bits per heavy atom. The summed E-state index contributed by atoms with van der Waals surface area (Å²) < 4.78 is 68.5. The van der Waals surface area contributed by atoms with Crippen LogP contribution in [0.2, 0.25) is 0 Å². The van der Waals surface area contributed by atoms with Gasteiger partial charge in [-0.1, -0.05) is 329 Å². The molecule has 0 aromatic heterocycles. The second kappa shape index (κ2) is 69.6. The van der Waals surface area contributed by atoms with Crippen molar-refractivity contribution in [3.63, 3.8) is 0 Å². The zero-order valence-corrected chi connectivity index (χ0v) is 63.8. The van der Waals surface area contributed by atoms with Crippen molar-refractivity contribution >= 4 is 39.5 Å². The van der Waals surface area contributed by atoms with E-state index >= 15 is 0 Å². The van der Waals surface area contributed by atoms with Crippen molar-refractivity contribution < 1.29 is 80.2 Å². The first-order valence-corrected chi connectivity index (χ1v) is 42.4. The molecule has 2 unspecified atom stereocenters. The minimum atomic E-state index is -4.96. The fourth-order valence-corrected chi connectivity index (χ4v) is 12.9. The lowest BCUT2D eigenvalue weighted by molar-refractivity contribution is -0.161. The Kier molecular flexibility index (Phi) is 67.8. The Labute approximate surface area is 586 Å². The molecule has 5 atom stereocenters. The van der Waals surface area contributed by atoms with Crippen LogP contribution in [0.5, 0.6) is 0 Å². The Balaban J connectivity index is 5.26. The van der Waals surface area contributed by atoms with E-state index in [9.17, 15) is 43.2 Å². The minimum Gasteiger partial charge on any atom is -0.462 e. The second-order valence-corrected chi connectivity index (χ2v) is 30.4. The van der Waals surface area contributed by atoms with Gasteiger partial charge in [0, 0.05) is 25.7 Å². The van der Waals surface area contributed by atoms with Crippen LogP contribution in [0.4, 0.5) is 0 Å². The van der Waals surface area contributed by atoms with Gasteiger partial charge in [0.15, 0.2) is 12.2 Å². The summed E-state index contributed by atoms with van der Waals surface area (Å²) in [5, 5.41) is 10.6. The van der Waals surface area contributed by atoms with Gasteiger partial charge in [0.25, 0.3) is 0 Å². The zero-order valence-electron chi connectivity index (χ0n) is 62.0. The fourth-order valence-electron chi connectivity index (χ4n) is 11.3. The number of carbonyl (C=O) groups excluding carboxylic acids is 4. The molecule has 0 aliphatic carbocycles. The van der Waals surface area contributed by atoms with Crippen LogP contribution in [0.15, 0.2) is 24.3 Å². The van der Waals surface area contributed by atoms with Gasteiger partial charge >= 0.3 is 39.5 Å². The summed E-state index contributed by atoms with van der Waals surface area (Å²) in [5.41, 5.74) is 0. The number of unbranched alkanes of at least 4 members (excludes halogenated alkanes) is 44. The van der Waals surface area contributed by atoms with E-state index in [0.717, 1.165) is 115 Å². The highest BCUT2D eigenvalue weighted by molar-refractivity contribution is 7.47. The molecule has 0 spiro atoms. The number of carbonyl (C=O) groups is 4. The summed E-state index contributed by atoms with van der Waals surface area (Å²) in [5.74, 6) is -1.41. The van der Waals surface area contributed by atoms with Gasteiger partial charge in [-0.25, -0.2) is 9.13 Å². The van der Waals surface area contributed by atoms with Crippen LogP contribution in [0, 0.1) is 5.92 Å². The van der Waals surface area contributed by atoms with Crippen molar-refractivity contribution in [3.8, 4) is 0 Å². The number of phosphoric ester groups is 2. The Bertz CT molecular complexity index is 1930. The molecule has 0 aromatic rings. The van der Waals surface area contributed by atoms with E-state index in [-0.39, 0.29) is 25.7 Å².